The smallest absolute Gasteiger partial charge is 0.252 e. The van der Waals surface area contributed by atoms with E-state index in [1.54, 1.807) is 0 Å². The number of carbonyl (C=O) groups excluding carboxylic acids is 4. The normalized spacial score (nSPS) is 12.4. The summed E-state index contributed by atoms with van der Waals surface area (Å²) in [6.45, 7) is 0.962. The summed E-state index contributed by atoms with van der Waals surface area (Å²) < 4.78 is 0. The van der Waals surface area contributed by atoms with Crippen LogP contribution in [0.4, 0.5) is 0 Å². The van der Waals surface area contributed by atoms with Crippen molar-refractivity contribution < 1.29 is 19.2 Å². The second-order valence-corrected chi connectivity index (χ2v) is 8.29. The molecule has 0 spiro atoms. The Morgan fingerprint density at radius 3 is 1.42 bits per heavy atom. The Morgan fingerprint density at radius 1 is 0.694 bits per heavy atom. The third-order valence-electron chi connectivity index (χ3n) is 5.50. The van der Waals surface area contributed by atoms with Gasteiger partial charge in [0.25, 0.3) is 11.8 Å². The maximum atomic E-state index is 12.7. The number of nitrogens with zero attached hydrogens (tertiary/aromatic N) is 2. The number of aromatic nitrogens is 2. The standard InChI is InChI=1S/C24H34N8O4/c25-9-3-1-5-17(21(27)33)31-23(35)15-7-11-29-19(13-15)20-14-16(8-12-30-20)24(36)32-18(22(28)34)6-2-4-10-26/h7-8,11-14,17-18H,1-6,9-10,25-26H2,(H2,27,33)(H2,28,34)(H,31,35)(H,32,36). The van der Waals surface area contributed by atoms with Gasteiger partial charge in [-0.25, -0.2) is 0 Å². The monoisotopic (exact) mass is 498 g/mol. The molecular formula is C24H34N8O4. The van der Waals surface area contributed by atoms with E-state index in [1.807, 2.05) is 0 Å². The Bertz CT molecular complexity index is 978. The number of amides is 4. The zero-order valence-electron chi connectivity index (χ0n) is 20.1. The van der Waals surface area contributed by atoms with Crippen LogP contribution in [0.25, 0.3) is 11.4 Å². The van der Waals surface area contributed by atoms with E-state index in [1.165, 1.54) is 36.7 Å². The van der Waals surface area contributed by atoms with Gasteiger partial charge in [-0.15, -0.1) is 0 Å². The molecule has 4 amide bonds. The molecule has 194 valence electrons. The summed E-state index contributed by atoms with van der Waals surface area (Å²) in [4.78, 5) is 57.4. The molecule has 0 radical (unpaired) electrons. The van der Waals surface area contributed by atoms with Crippen LogP contribution in [0.3, 0.4) is 0 Å². The van der Waals surface area contributed by atoms with Crippen molar-refractivity contribution in [1.29, 1.82) is 0 Å². The molecular weight excluding hydrogens is 464 g/mol. The molecule has 12 heteroatoms. The Labute approximate surface area is 209 Å². The lowest BCUT2D eigenvalue weighted by molar-refractivity contribution is -0.120. The topological polar surface area (TPSA) is 222 Å². The number of rotatable bonds is 15. The zero-order valence-corrected chi connectivity index (χ0v) is 20.1. The maximum Gasteiger partial charge on any atom is 0.252 e. The summed E-state index contributed by atoms with van der Waals surface area (Å²) in [5.74, 6) is -2.25. The molecule has 12 nitrogen and oxygen atoms in total. The Morgan fingerprint density at radius 2 is 1.08 bits per heavy atom. The zero-order chi connectivity index (χ0) is 26.5. The van der Waals surface area contributed by atoms with Gasteiger partial charge >= 0.3 is 0 Å². The van der Waals surface area contributed by atoms with Gasteiger partial charge in [0.05, 0.1) is 11.4 Å². The van der Waals surface area contributed by atoms with Crippen molar-refractivity contribution in [2.24, 2.45) is 22.9 Å². The van der Waals surface area contributed by atoms with Crippen LogP contribution in [0.15, 0.2) is 36.7 Å². The van der Waals surface area contributed by atoms with Gasteiger partial charge in [-0.05, 0) is 75.9 Å². The van der Waals surface area contributed by atoms with Crippen LogP contribution in [0.5, 0.6) is 0 Å². The van der Waals surface area contributed by atoms with Crippen LogP contribution in [-0.4, -0.2) is 58.8 Å². The molecule has 10 N–H and O–H groups in total. The fourth-order valence-corrected chi connectivity index (χ4v) is 3.46. The maximum absolute atomic E-state index is 12.7. The first kappa shape index (κ1) is 28.3. The molecule has 0 aliphatic heterocycles. The third kappa shape index (κ3) is 8.71. The summed E-state index contributed by atoms with van der Waals surface area (Å²) in [5.41, 5.74) is 23.0. The van der Waals surface area contributed by atoms with Gasteiger partial charge in [0.15, 0.2) is 0 Å². The number of hydrogen-bond acceptors (Lipinski definition) is 8. The first-order valence-corrected chi connectivity index (χ1v) is 11.8. The highest BCUT2D eigenvalue weighted by molar-refractivity contribution is 5.99. The molecule has 36 heavy (non-hydrogen) atoms. The van der Waals surface area contributed by atoms with Gasteiger partial charge in [0.1, 0.15) is 12.1 Å². The van der Waals surface area contributed by atoms with E-state index in [-0.39, 0.29) is 11.1 Å². The molecule has 0 aromatic carbocycles. The lowest BCUT2D eigenvalue weighted by atomic mass is 10.1. The molecule has 0 saturated heterocycles. The molecule has 2 unspecified atom stereocenters. The first-order chi connectivity index (χ1) is 17.3. The van der Waals surface area contributed by atoms with Crippen molar-refractivity contribution in [3.63, 3.8) is 0 Å². The third-order valence-corrected chi connectivity index (χ3v) is 5.50. The molecule has 0 aliphatic carbocycles. The highest BCUT2D eigenvalue weighted by Gasteiger charge is 2.21. The van der Waals surface area contributed by atoms with E-state index in [2.05, 4.69) is 20.6 Å². The van der Waals surface area contributed by atoms with Crippen LogP contribution in [0.2, 0.25) is 0 Å². The number of carbonyl (C=O) groups is 4. The highest BCUT2D eigenvalue weighted by atomic mass is 16.2. The molecule has 2 rings (SSSR count). The summed E-state index contributed by atoms with van der Waals surface area (Å²) in [7, 11) is 0. The average Bonchev–Trinajstić information content (AvgIpc) is 2.87. The predicted octanol–water partition coefficient (Wildman–Crippen LogP) is -0.431. The number of pyridine rings is 2. The Kier molecular flexibility index (Phi) is 11.4. The van der Waals surface area contributed by atoms with Crippen molar-refractivity contribution in [2.75, 3.05) is 13.1 Å². The summed E-state index contributed by atoms with van der Waals surface area (Å²) in [5, 5.41) is 5.27. The quantitative estimate of drug-likeness (QED) is 0.176. The minimum atomic E-state index is -0.825. The van der Waals surface area contributed by atoms with Gasteiger partial charge in [0.2, 0.25) is 11.8 Å². The Hall–Kier alpha value is -3.90. The minimum absolute atomic E-state index is 0.246. The predicted molar refractivity (Wildman–Crippen MR) is 134 cm³/mol. The number of hydrogen-bond donors (Lipinski definition) is 6. The molecule has 2 aromatic rings. The van der Waals surface area contributed by atoms with Crippen molar-refractivity contribution in [1.82, 2.24) is 20.6 Å². The fraction of sp³-hybridized carbons (Fsp3) is 0.417. The summed E-state index contributed by atoms with van der Waals surface area (Å²) >= 11 is 0. The summed E-state index contributed by atoms with van der Waals surface area (Å²) in [6, 6.07) is 4.33. The molecule has 0 fully saturated rings. The molecule has 2 atom stereocenters. The van der Waals surface area contributed by atoms with E-state index in [0.29, 0.717) is 63.0 Å². The highest BCUT2D eigenvalue weighted by Crippen LogP contribution is 2.17. The fourth-order valence-electron chi connectivity index (χ4n) is 3.46. The van der Waals surface area contributed by atoms with E-state index >= 15 is 0 Å². The molecule has 2 aromatic heterocycles. The molecule has 0 bridgehead atoms. The van der Waals surface area contributed by atoms with Crippen LogP contribution >= 0.6 is 0 Å². The van der Waals surface area contributed by atoms with E-state index in [9.17, 15) is 19.2 Å². The van der Waals surface area contributed by atoms with Gasteiger partial charge < -0.3 is 33.6 Å². The van der Waals surface area contributed by atoms with E-state index in [0.717, 1.165) is 0 Å². The largest absolute Gasteiger partial charge is 0.368 e. The van der Waals surface area contributed by atoms with Crippen LogP contribution < -0.4 is 33.6 Å². The first-order valence-electron chi connectivity index (χ1n) is 11.8. The Balaban J connectivity index is 2.16. The van der Waals surface area contributed by atoms with Gasteiger partial charge in [-0.3, -0.25) is 29.1 Å². The lowest BCUT2D eigenvalue weighted by Gasteiger charge is -2.16. The van der Waals surface area contributed by atoms with Crippen LogP contribution in [0.1, 0.15) is 59.2 Å². The van der Waals surface area contributed by atoms with Crippen LogP contribution in [0, 0.1) is 0 Å². The van der Waals surface area contributed by atoms with Crippen molar-refractivity contribution >= 4 is 23.6 Å². The lowest BCUT2D eigenvalue weighted by Crippen LogP contribution is -2.44. The van der Waals surface area contributed by atoms with Gasteiger partial charge in [0, 0.05) is 23.5 Å². The summed E-state index contributed by atoms with van der Waals surface area (Å²) in [6.07, 6.45) is 6.33. The van der Waals surface area contributed by atoms with Crippen LogP contribution in [-0.2, 0) is 9.59 Å². The second kappa shape index (κ2) is 14.5. The number of unbranched alkanes of at least 4 members (excludes halogenated alkanes) is 2. The minimum Gasteiger partial charge on any atom is -0.368 e. The number of primary amides is 2. The van der Waals surface area contributed by atoms with Crippen molar-refractivity contribution in [3.8, 4) is 11.4 Å². The van der Waals surface area contributed by atoms with Gasteiger partial charge in [-0.2, -0.15) is 0 Å². The SMILES string of the molecule is NCCCCC(NC(=O)c1ccnc(-c2cc(C(=O)NC(CCCCN)C(N)=O)ccn2)c1)C(N)=O. The molecule has 0 aliphatic rings. The number of nitrogens with two attached hydrogens (primary N) is 4. The van der Waals surface area contributed by atoms with E-state index < -0.39 is 35.7 Å². The van der Waals surface area contributed by atoms with E-state index in [4.69, 9.17) is 22.9 Å². The second-order valence-electron chi connectivity index (χ2n) is 8.29. The van der Waals surface area contributed by atoms with Crippen molar-refractivity contribution in [2.45, 2.75) is 50.6 Å². The number of nitrogens with one attached hydrogen (secondary N) is 2. The van der Waals surface area contributed by atoms with Crippen molar-refractivity contribution in [3.05, 3.63) is 47.8 Å². The molecule has 0 saturated carbocycles. The van der Waals surface area contributed by atoms with Gasteiger partial charge in [-0.1, -0.05) is 0 Å². The molecule has 2 heterocycles. The average molecular weight is 499 g/mol.